The lowest BCUT2D eigenvalue weighted by molar-refractivity contribution is -0.140. The van der Waals surface area contributed by atoms with E-state index >= 15 is 0 Å². The number of thioether (sulfide) groups is 1. The lowest BCUT2D eigenvalue weighted by Gasteiger charge is -2.33. The molecular formula is C30H35Cl2N3O4S2. The minimum absolute atomic E-state index is 0.0109. The van der Waals surface area contributed by atoms with Crippen molar-refractivity contribution in [2.75, 3.05) is 17.1 Å². The average Bonchev–Trinajstić information content (AvgIpc) is 2.92. The number of aryl methyl sites for hydroxylation is 1. The van der Waals surface area contributed by atoms with Crippen molar-refractivity contribution in [3.05, 3.63) is 87.9 Å². The number of hydrogen-bond donors (Lipinski definition) is 1. The normalized spacial score (nSPS) is 12.2. The third kappa shape index (κ3) is 8.41. The van der Waals surface area contributed by atoms with Crippen molar-refractivity contribution in [2.24, 2.45) is 0 Å². The number of benzene rings is 3. The Morgan fingerprint density at radius 3 is 2.15 bits per heavy atom. The fourth-order valence-corrected chi connectivity index (χ4v) is 6.54. The molecule has 3 rings (SSSR count). The number of rotatable bonds is 12. The second-order valence-corrected chi connectivity index (χ2v) is 13.5. The molecule has 3 aromatic rings. The maximum Gasteiger partial charge on any atom is 0.264 e. The van der Waals surface area contributed by atoms with E-state index in [1.165, 1.54) is 28.8 Å². The summed E-state index contributed by atoms with van der Waals surface area (Å²) in [4.78, 5) is 29.7. The fourth-order valence-electron chi connectivity index (χ4n) is 4.25. The van der Waals surface area contributed by atoms with Gasteiger partial charge in [0.1, 0.15) is 12.6 Å². The summed E-state index contributed by atoms with van der Waals surface area (Å²) in [6, 6.07) is 17.3. The molecule has 3 aromatic carbocycles. The zero-order chi connectivity index (χ0) is 30.3. The van der Waals surface area contributed by atoms with Crippen LogP contribution in [-0.2, 0) is 26.2 Å². The molecule has 0 heterocycles. The number of amides is 2. The highest BCUT2D eigenvalue weighted by Crippen LogP contribution is 2.28. The second kappa shape index (κ2) is 14.4. The Kier molecular flexibility index (Phi) is 11.6. The quantitative estimate of drug-likeness (QED) is 0.228. The highest BCUT2D eigenvalue weighted by atomic mass is 35.5. The van der Waals surface area contributed by atoms with Crippen molar-refractivity contribution in [2.45, 2.75) is 62.5 Å². The van der Waals surface area contributed by atoms with E-state index in [0.29, 0.717) is 27.7 Å². The van der Waals surface area contributed by atoms with E-state index in [-0.39, 0.29) is 23.4 Å². The minimum Gasteiger partial charge on any atom is -0.352 e. The van der Waals surface area contributed by atoms with Gasteiger partial charge in [0.2, 0.25) is 11.8 Å². The van der Waals surface area contributed by atoms with E-state index in [4.69, 9.17) is 23.2 Å². The smallest absolute Gasteiger partial charge is 0.264 e. The van der Waals surface area contributed by atoms with Gasteiger partial charge in [-0.1, -0.05) is 53.9 Å². The molecule has 0 aliphatic rings. The van der Waals surface area contributed by atoms with Crippen LogP contribution in [0.25, 0.3) is 0 Å². The van der Waals surface area contributed by atoms with Crippen LogP contribution in [0.5, 0.6) is 0 Å². The molecule has 0 aliphatic carbocycles. The summed E-state index contributed by atoms with van der Waals surface area (Å²) in [6.45, 7) is 6.83. The van der Waals surface area contributed by atoms with Gasteiger partial charge >= 0.3 is 0 Å². The van der Waals surface area contributed by atoms with Crippen LogP contribution in [0.1, 0.15) is 38.3 Å². The Morgan fingerprint density at radius 1 is 0.976 bits per heavy atom. The molecule has 0 aromatic heterocycles. The summed E-state index contributed by atoms with van der Waals surface area (Å²) in [5, 5.41) is 3.65. The van der Waals surface area contributed by atoms with Crippen LogP contribution in [0, 0.1) is 6.92 Å². The van der Waals surface area contributed by atoms with Crippen LogP contribution in [0.2, 0.25) is 10.0 Å². The number of anilines is 1. The number of nitrogens with zero attached hydrogens (tertiary/aromatic N) is 2. The molecule has 220 valence electrons. The lowest BCUT2D eigenvalue weighted by atomic mass is 10.1. The van der Waals surface area contributed by atoms with E-state index in [0.717, 1.165) is 14.8 Å². The van der Waals surface area contributed by atoms with Crippen molar-refractivity contribution in [1.82, 2.24) is 10.2 Å². The summed E-state index contributed by atoms with van der Waals surface area (Å²) in [6.07, 6.45) is 2.21. The second-order valence-electron chi connectivity index (χ2n) is 9.87. The monoisotopic (exact) mass is 635 g/mol. The van der Waals surface area contributed by atoms with Gasteiger partial charge in [0, 0.05) is 27.5 Å². The summed E-state index contributed by atoms with van der Waals surface area (Å²) >= 11 is 14.0. The van der Waals surface area contributed by atoms with Crippen LogP contribution >= 0.6 is 35.0 Å². The third-order valence-electron chi connectivity index (χ3n) is 6.42. The minimum atomic E-state index is -4.15. The molecule has 0 radical (unpaired) electrons. The molecule has 0 bridgehead atoms. The van der Waals surface area contributed by atoms with Gasteiger partial charge in [-0.15, -0.1) is 11.8 Å². The van der Waals surface area contributed by atoms with E-state index in [1.54, 1.807) is 61.5 Å². The summed E-state index contributed by atoms with van der Waals surface area (Å²) in [5.41, 5.74) is 1.86. The molecule has 7 nitrogen and oxygen atoms in total. The van der Waals surface area contributed by atoms with E-state index in [2.05, 4.69) is 5.32 Å². The van der Waals surface area contributed by atoms with Gasteiger partial charge in [-0.3, -0.25) is 13.9 Å². The van der Waals surface area contributed by atoms with Crippen LogP contribution in [-0.4, -0.2) is 50.0 Å². The molecule has 0 aliphatic heterocycles. The van der Waals surface area contributed by atoms with Crippen LogP contribution in [0.3, 0.4) is 0 Å². The summed E-state index contributed by atoms with van der Waals surface area (Å²) in [5.74, 6) is -0.884. The van der Waals surface area contributed by atoms with Crippen molar-refractivity contribution >= 4 is 62.5 Å². The molecule has 2 amide bonds. The molecule has 41 heavy (non-hydrogen) atoms. The van der Waals surface area contributed by atoms with Gasteiger partial charge in [-0.05, 0) is 87.5 Å². The Morgan fingerprint density at radius 2 is 1.61 bits per heavy atom. The first kappa shape index (κ1) is 32.8. The molecular weight excluding hydrogens is 601 g/mol. The Balaban J connectivity index is 2.08. The van der Waals surface area contributed by atoms with Crippen molar-refractivity contribution in [3.63, 3.8) is 0 Å². The molecule has 0 saturated carbocycles. The summed E-state index contributed by atoms with van der Waals surface area (Å²) in [7, 11) is -4.15. The first-order valence-electron chi connectivity index (χ1n) is 13.1. The highest BCUT2D eigenvalue weighted by molar-refractivity contribution is 7.98. The molecule has 0 spiro atoms. The number of halogens is 2. The predicted octanol–water partition coefficient (Wildman–Crippen LogP) is 6.55. The van der Waals surface area contributed by atoms with Gasteiger partial charge in [-0.25, -0.2) is 8.42 Å². The Bertz CT molecular complexity index is 1460. The number of hydrogen-bond acceptors (Lipinski definition) is 5. The van der Waals surface area contributed by atoms with Gasteiger partial charge in [0.25, 0.3) is 10.0 Å². The number of carbonyl (C=O) groups is 2. The van der Waals surface area contributed by atoms with Crippen LogP contribution in [0.4, 0.5) is 5.69 Å². The van der Waals surface area contributed by atoms with Crippen molar-refractivity contribution in [1.29, 1.82) is 0 Å². The number of nitrogens with one attached hydrogen (secondary N) is 1. The van der Waals surface area contributed by atoms with Gasteiger partial charge in [-0.2, -0.15) is 0 Å². The number of carbonyl (C=O) groups excluding carboxylic acids is 2. The van der Waals surface area contributed by atoms with E-state index < -0.39 is 28.5 Å². The zero-order valence-electron chi connectivity index (χ0n) is 23.7. The molecule has 0 saturated heterocycles. The Hall–Kier alpha value is -2.72. The maximum absolute atomic E-state index is 14.1. The predicted molar refractivity (Wildman–Crippen MR) is 168 cm³/mol. The average molecular weight is 637 g/mol. The molecule has 0 fully saturated rings. The first-order valence-corrected chi connectivity index (χ1v) is 16.6. The van der Waals surface area contributed by atoms with Crippen LogP contribution < -0.4 is 9.62 Å². The fraction of sp³-hybridized carbons (Fsp3) is 0.333. The summed E-state index contributed by atoms with van der Waals surface area (Å²) < 4.78 is 29.0. The maximum atomic E-state index is 14.1. The number of sulfonamides is 1. The van der Waals surface area contributed by atoms with E-state index in [1.807, 2.05) is 27.0 Å². The molecule has 11 heteroatoms. The first-order chi connectivity index (χ1) is 19.4. The lowest BCUT2D eigenvalue weighted by Crippen LogP contribution is -2.53. The van der Waals surface area contributed by atoms with Crippen molar-refractivity contribution in [3.8, 4) is 0 Å². The van der Waals surface area contributed by atoms with Crippen molar-refractivity contribution < 1.29 is 18.0 Å². The SMILES string of the molecule is CCC(C(=O)NC(C)C)N(Cc1ccc(Cl)cc1Cl)C(=O)CN(c1ccc(C)cc1)S(=O)(=O)c1ccc(SC)cc1. The van der Waals surface area contributed by atoms with Gasteiger partial charge < -0.3 is 10.2 Å². The standard InChI is InChI=1S/C30H35Cl2N3O4S2/c1-6-28(30(37)33-20(2)3)34(18-22-9-10-23(31)17-27(22)32)29(36)19-35(24-11-7-21(4)8-12-24)41(38,39)26-15-13-25(40-5)14-16-26/h7-17,20,28H,6,18-19H2,1-5H3,(H,33,37). The molecule has 1 unspecified atom stereocenters. The Labute approximate surface area is 257 Å². The third-order valence-corrected chi connectivity index (χ3v) is 9.54. The molecule has 1 atom stereocenters. The largest absolute Gasteiger partial charge is 0.352 e. The van der Waals surface area contributed by atoms with Crippen LogP contribution in [0.15, 0.2) is 76.5 Å². The van der Waals surface area contributed by atoms with E-state index in [9.17, 15) is 18.0 Å². The highest BCUT2D eigenvalue weighted by Gasteiger charge is 2.34. The topological polar surface area (TPSA) is 86.8 Å². The molecule has 1 N–H and O–H groups in total. The van der Waals surface area contributed by atoms with Gasteiger partial charge in [0.05, 0.1) is 10.6 Å². The van der Waals surface area contributed by atoms with Gasteiger partial charge in [0.15, 0.2) is 0 Å². The zero-order valence-corrected chi connectivity index (χ0v) is 26.9.